The van der Waals surface area contributed by atoms with Crippen LogP contribution in [-0.2, 0) is 4.79 Å². The van der Waals surface area contributed by atoms with Crippen LogP contribution in [0.4, 0.5) is 11.5 Å². The lowest BCUT2D eigenvalue weighted by molar-refractivity contribution is -0.119. The molecule has 0 saturated carbocycles. The average molecular weight is 252 g/mol. The molecule has 5 N–H and O–H groups in total. The molecule has 1 rings (SSSR count). The Morgan fingerprint density at radius 3 is 2.72 bits per heavy atom. The Bertz CT molecular complexity index is 460. The summed E-state index contributed by atoms with van der Waals surface area (Å²) in [5, 5.41) is 14.4. The van der Waals surface area contributed by atoms with E-state index in [2.05, 4.69) is 15.6 Å². The number of rotatable bonds is 5. The lowest BCUT2D eigenvalue weighted by Gasteiger charge is -2.11. The van der Waals surface area contributed by atoms with E-state index in [0.717, 1.165) is 0 Å². The Morgan fingerprint density at radius 1 is 1.50 bits per heavy atom. The lowest BCUT2D eigenvalue weighted by Crippen LogP contribution is -2.35. The predicted molar refractivity (Wildman–Crippen MR) is 67.4 cm³/mol. The van der Waals surface area contributed by atoms with E-state index < -0.39 is 5.97 Å². The van der Waals surface area contributed by atoms with Crippen LogP contribution in [-0.4, -0.2) is 34.6 Å². The molecular weight excluding hydrogens is 236 g/mol. The highest BCUT2D eigenvalue weighted by Crippen LogP contribution is 2.16. The highest BCUT2D eigenvalue weighted by molar-refractivity contribution is 5.95. The fourth-order valence-corrected chi connectivity index (χ4v) is 1.34. The van der Waals surface area contributed by atoms with Crippen LogP contribution in [0, 0.1) is 0 Å². The number of carbonyl (C=O) groups is 2. The maximum atomic E-state index is 11.4. The first-order valence-electron chi connectivity index (χ1n) is 5.42. The molecule has 0 atom stereocenters. The van der Waals surface area contributed by atoms with Gasteiger partial charge in [0, 0.05) is 6.04 Å². The van der Waals surface area contributed by atoms with Crippen molar-refractivity contribution in [1.82, 2.24) is 10.3 Å². The minimum Gasteiger partial charge on any atom is -0.478 e. The van der Waals surface area contributed by atoms with E-state index in [0.29, 0.717) is 0 Å². The van der Waals surface area contributed by atoms with Crippen molar-refractivity contribution in [1.29, 1.82) is 0 Å². The fraction of sp³-hybridized carbons (Fsp3) is 0.364. The van der Waals surface area contributed by atoms with Gasteiger partial charge in [0.1, 0.15) is 5.82 Å². The second-order valence-electron chi connectivity index (χ2n) is 4.04. The molecule has 7 nitrogen and oxygen atoms in total. The van der Waals surface area contributed by atoms with Crippen LogP contribution in [0.2, 0.25) is 0 Å². The van der Waals surface area contributed by atoms with Crippen molar-refractivity contribution >= 4 is 23.4 Å². The Kier molecular flexibility index (Phi) is 4.47. The van der Waals surface area contributed by atoms with Crippen LogP contribution in [0.3, 0.4) is 0 Å². The quantitative estimate of drug-likeness (QED) is 0.598. The molecule has 0 aromatic carbocycles. The Balaban J connectivity index is 2.73. The number of carboxylic acid groups (broad SMARTS) is 1. The molecule has 0 fully saturated rings. The molecule has 0 aliphatic rings. The van der Waals surface area contributed by atoms with Gasteiger partial charge in [-0.15, -0.1) is 0 Å². The summed E-state index contributed by atoms with van der Waals surface area (Å²) in [4.78, 5) is 26.2. The predicted octanol–water partition coefficient (Wildman–Crippen LogP) is 0.298. The van der Waals surface area contributed by atoms with E-state index in [1.807, 2.05) is 13.8 Å². The summed E-state index contributed by atoms with van der Waals surface area (Å²) in [6.45, 7) is 3.65. The summed E-state index contributed by atoms with van der Waals surface area (Å²) in [5.74, 6) is -1.24. The standard InChI is InChI=1S/C11H16N4O3/c1-6(2)15-10(16)5-13-8-4-14-9(12)3-7(8)11(17)18/h3-4,6,13H,5H2,1-2H3,(H2,12,14)(H,15,16)(H,17,18). The van der Waals surface area contributed by atoms with Crippen molar-refractivity contribution in [3.05, 3.63) is 17.8 Å². The van der Waals surface area contributed by atoms with Crippen molar-refractivity contribution in [3.8, 4) is 0 Å². The van der Waals surface area contributed by atoms with Gasteiger partial charge < -0.3 is 21.5 Å². The number of carbonyl (C=O) groups excluding carboxylic acids is 1. The summed E-state index contributed by atoms with van der Waals surface area (Å²) in [6.07, 6.45) is 1.29. The van der Waals surface area contributed by atoms with Gasteiger partial charge in [-0.3, -0.25) is 4.79 Å². The molecule has 98 valence electrons. The molecule has 0 radical (unpaired) electrons. The van der Waals surface area contributed by atoms with E-state index in [4.69, 9.17) is 10.8 Å². The normalized spacial score (nSPS) is 10.2. The van der Waals surface area contributed by atoms with Crippen LogP contribution >= 0.6 is 0 Å². The summed E-state index contributed by atoms with van der Waals surface area (Å²) in [5.41, 5.74) is 5.65. The van der Waals surface area contributed by atoms with Gasteiger partial charge >= 0.3 is 5.97 Å². The number of anilines is 2. The van der Waals surface area contributed by atoms with E-state index >= 15 is 0 Å². The number of aromatic nitrogens is 1. The highest BCUT2D eigenvalue weighted by atomic mass is 16.4. The monoisotopic (exact) mass is 252 g/mol. The van der Waals surface area contributed by atoms with Gasteiger partial charge in [0.2, 0.25) is 5.91 Å². The Hall–Kier alpha value is -2.31. The van der Waals surface area contributed by atoms with Crippen molar-refractivity contribution < 1.29 is 14.7 Å². The molecule has 0 spiro atoms. The van der Waals surface area contributed by atoms with Gasteiger partial charge in [0.15, 0.2) is 0 Å². The number of carboxylic acids is 1. The number of hydrogen-bond donors (Lipinski definition) is 4. The molecule has 7 heteroatoms. The zero-order valence-corrected chi connectivity index (χ0v) is 10.2. The minimum absolute atomic E-state index is 0.0140. The number of nitrogens with two attached hydrogens (primary N) is 1. The van der Waals surface area contributed by atoms with Crippen LogP contribution in [0.1, 0.15) is 24.2 Å². The maximum Gasteiger partial charge on any atom is 0.337 e. The summed E-state index contributed by atoms with van der Waals surface area (Å²) in [7, 11) is 0. The van der Waals surface area contributed by atoms with Gasteiger partial charge in [-0.2, -0.15) is 0 Å². The largest absolute Gasteiger partial charge is 0.478 e. The van der Waals surface area contributed by atoms with Gasteiger partial charge in [-0.25, -0.2) is 9.78 Å². The first-order chi connectivity index (χ1) is 8.40. The van der Waals surface area contributed by atoms with Crippen LogP contribution < -0.4 is 16.4 Å². The molecule has 1 aromatic heterocycles. The van der Waals surface area contributed by atoms with Gasteiger partial charge in [-0.1, -0.05) is 0 Å². The lowest BCUT2D eigenvalue weighted by atomic mass is 10.2. The highest BCUT2D eigenvalue weighted by Gasteiger charge is 2.12. The average Bonchev–Trinajstić information content (AvgIpc) is 2.26. The third kappa shape index (κ3) is 3.93. The number of nitrogens with zero attached hydrogens (tertiary/aromatic N) is 1. The zero-order chi connectivity index (χ0) is 13.7. The molecule has 0 unspecified atom stereocenters. The molecule has 0 aliphatic carbocycles. The topological polar surface area (TPSA) is 117 Å². The third-order valence-corrected chi connectivity index (χ3v) is 2.04. The molecule has 1 aromatic rings. The maximum absolute atomic E-state index is 11.4. The number of amides is 1. The van der Waals surface area contributed by atoms with Crippen LogP contribution in [0.5, 0.6) is 0 Å². The summed E-state index contributed by atoms with van der Waals surface area (Å²) < 4.78 is 0. The van der Waals surface area contributed by atoms with Gasteiger partial charge in [0.05, 0.1) is 24.0 Å². The minimum atomic E-state index is -1.13. The van der Waals surface area contributed by atoms with Crippen LogP contribution in [0.25, 0.3) is 0 Å². The molecule has 1 amide bonds. The number of pyridine rings is 1. The molecule has 0 saturated heterocycles. The van der Waals surface area contributed by atoms with Crippen molar-refractivity contribution in [2.75, 3.05) is 17.6 Å². The smallest absolute Gasteiger partial charge is 0.337 e. The summed E-state index contributed by atoms with van der Waals surface area (Å²) >= 11 is 0. The first kappa shape index (κ1) is 13.8. The number of nitrogen functional groups attached to an aromatic ring is 1. The van der Waals surface area contributed by atoms with Crippen molar-refractivity contribution in [2.24, 2.45) is 0 Å². The van der Waals surface area contributed by atoms with E-state index in [1.165, 1.54) is 12.3 Å². The van der Waals surface area contributed by atoms with Crippen LogP contribution in [0.15, 0.2) is 12.3 Å². The van der Waals surface area contributed by atoms with E-state index in [9.17, 15) is 9.59 Å². The first-order valence-corrected chi connectivity index (χ1v) is 5.42. The second-order valence-corrected chi connectivity index (χ2v) is 4.04. The Morgan fingerprint density at radius 2 is 2.17 bits per heavy atom. The molecule has 18 heavy (non-hydrogen) atoms. The molecule has 0 aliphatic heterocycles. The van der Waals surface area contributed by atoms with E-state index in [1.54, 1.807) is 0 Å². The third-order valence-electron chi connectivity index (χ3n) is 2.04. The van der Waals surface area contributed by atoms with Crippen molar-refractivity contribution in [3.63, 3.8) is 0 Å². The van der Waals surface area contributed by atoms with Crippen molar-refractivity contribution in [2.45, 2.75) is 19.9 Å². The summed E-state index contributed by atoms with van der Waals surface area (Å²) in [6, 6.07) is 1.27. The number of nitrogens with one attached hydrogen (secondary N) is 2. The zero-order valence-electron chi connectivity index (χ0n) is 10.2. The molecule has 0 bridgehead atoms. The molecule has 1 heterocycles. The number of aromatic carboxylic acids is 1. The SMILES string of the molecule is CC(C)NC(=O)CNc1cnc(N)cc1C(=O)O. The Labute approximate surface area is 104 Å². The fourth-order valence-electron chi connectivity index (χ4n) is 1.34. The number of hydrogen-bond acceptors (Lipinski definition) is 5. The van der Waals surface area contributed by atoms with E-state index in [-0.39, 0.29) is 35.6 Å². The molecular formula is C11H16N4O3. The second kappa shape index (κ2) is 5.85. The van der Waals surface area contributed by atoms with Gasteiger partial charge in [0.25, 0.3) is 0 Å². The van der Waals surface area contributed by atoms with Gasteiger partial charge in [-0.05, 0) is 19.9 Å².